The van der Waals surface area contributed by atoms with E-state index in [0.717, 1.165) is 16.8 Å². The summed E-state index contributed by atoms with van der Waals surface area (Å²) in [5, 5.41) is 9.45. The summed E-state index contributed by atoms with van der Waals surface area (Å²) < 4.78 is 13.1. The largest absolute Gasteiger partial charge is 0.497 e. The number of hydrogen-bond acceptors (Lipinski definition) is 7. The van der Waals surface area contributed by atoms with Crippen molar-refractivity contribution in [3.63, 3.8) is 0 Å². The molecule has 11 heteroatoms. The molecular formula is C30H35ClN6O4. The lowest BCUT2D eigenvalue weighted by molar-refractivity contribution is -0.131. The Hall–Kier alpha value is -3.92. The number of aliphatic imine (C=N–C) groups is 1. The zero-order valence-corrected chi connectivity index (χ0v) is 24.8. The lowest BCUT2D eigenvalue weighted by Gasteiger charge is -2.26. The van der Waals surface area contributed by atoms with E-state index in [1.54, 1.807) is 16.9 Å². The lowest BCUT2D eigenvalue weighted by Crippen LogP contribution is -2.40. The third-order valence-corrected chi connectivity index (χ3v) is 7.37. The Morgan fingerprint density at radius 3 is 2.41 bits per heavy atom. The zero-order valence-electron chi connectivity index (χ0n) is 24.1. The average Bonchev–Trinajstić information content (AvgIpc) is 3.09. The van der Waals surface area contributed by atoms with Crippen molar-refractivity contribution >= 4 is 29.3 Å². The summed E-state index contributed by atoms with van der Waals surface area (Å²) in [4.78, 5) is 35.0. The van der Waals surface area contributed by atoms with E-state index in [9.17, 15) is 9.59 Å². The Labute approximate surface area is 244 Å². The van der Waals surface area contributed by atoms with Crippen LogP contribution in [0.1, 0.15) is 62.4 Å². The molecule has 1 aromatic heterocycles. The van der Waals surface area contributed by atoms with Gasteiger partial charge in [0, 0.05) is 42.3 Å². The van der Waals surface area contributed by atoms with Crippen LogP contribution in [0, 0.1) is 6.92 Å². The van der Waals surface area contributed by atoms with Gasteiger partial charge in [0.1, 0.15) is 23.2 Å². The van der Waals surface area contributed by atoms with Gasteiger partial charge in [-0.05, 0) is 64.4 Å². The molecule has 0 saturated carbocycles. The summed E-state index contributed by atoms with van der Waals surface area (Å²) in [5.41, 5.74) is 2.70. The van der Waals surface area contributed by atoms with Gasteiger partial charge in [0.15, 0.2) is 5.82 Å². The number of ether oxygens (including phenoxy) is 2. The van der Waals surface area contributed by atoms with Gasteiger partial charge >= 0.3 is 6.09 Å². The molecule has 2 aromatic carbocycles. The second kappa shape index (κ2) is 11.5. The van der Waals surface area contributed by atoms with Crippen LogP contribution in [0.2, 0.25) is 5.02 Å². The van der Waals surface area contributed by atoms with Gasteiger partial charge < -0.3 is 19.3 Å². The van der Waals surface area contributed by atoms with Gasteiger partial charge in [0.2, 0.25) is 5.91 Å². The molecule has 0 radical (unpaired) electrons. The number of methoxy groups -OCH3 is 1. The van der Waals surface area contributed by atoms with Crippen molar-refractivity contribution in [3.8, 4) is 11.4 Å². The number of carbonyl (C=O) groups is 2. The van der Waals surface area contributed by atoms with Crippen molar-refractivity contribution in [3.05, 3.63) is 70.3 Å². The molecule has 2 aliphatic heterocycles. The van der Waals surface area contributed by atoms with Crippen molar-refractivity contribution in [2.24, 2.45) is 4.99 Å². The van der Waals surface area contributed by atoms with E-state index < -0.39 is 11.6 Å². The van der Waals surface area contributed by atoms with E-state index in [0.29, 0.717) is 60.7 Å². The molecule has 1 atom stereocenters. The first-order valence-corrected chi connectivity index (χ1v) is 14.1. The molecule has 2 aliphatic rings. The molecule has 1 fully saturated rings. The molecule has 0 bridgehead atoms. The third kappa shape index (κ3) is 6.22. The molecule has 10 nitrogen and oxygen atoms in total. The summed E-state index contributed by atoms with van der Waals surface area (Å²) in [6.45, 7) is 9.33. The van der Waals surface area contributed by atoms with Crippen molar-refractivity contribution in [1.29, 1.82) is 0 Å². The van der Waals surface area contributed by atoms with Gasteiger partial charge in [-0.25, -0.2) is 4.79 Å². The van der Waals surface area contributed by atoms with Crippen molar-refractivity contribution in [2.75, 3.05) is 33.3 Å². The van der Waals surface area contributed by atoms with E-state index >= 15 is 0 Å². The van der Waals surface area contributed by atoms with Gasteiger partial charge in [-0.1, -0.05) is 23.7 Å². The molecule has 0 aliphatic carbocycles. The van der Waals surface area contributed by atoms with Gasteiger partial charge in [-0.15, -0.1) is 10.2 Å². The summed E-state index contributed by atoms with van der Waals surface area (Å²) in [7, 11) is 1.62. The Bertz CT molecular complexity index is 1480. The fraction of sp³-hybridized carbons (Fsp3) is 0.433. The second-order valence-electron chi connectivity index (χ2n) is 11.2. The van der Waals surface area contributed by atoms with Crippen molar-refractivity contribution < 1.29 is 19.1 Å². The summed E-state index contributed by atoms with van der Waals surface area (Å²) in [6, 6.07) is 12.7. The van der Waals surface area contributed by atoms with Crippen LogP contribution in [0.25, 0.3) is 5.69 Å². The zero-order chi connectivity index (χ0) is 29.3. The number of aryl methyl sites for hydroxylation is 1. The first kappa shape index (κ1) is 28.6. The Kier molecular flexibility index (Phi) is 8.04. The Morgan fingerprint density at radius 2 is 1.71 bits per heavy atom. The second-order valence-corrected chi connectivity index (χ2v) is 11.7. The van der Waals surface area contributed by atoms with Crippen LogP contribution < -0.4 is 4.74 Å². The van der Waals surface area contributed by atoms with Crippen LogP contribution in [0.3, 0.4) is 0 Å². The maximum Gasteiger partial charge on any atom is 0.410 e. The number of amides is 2. The monoisotopic (exact) mass is 578 g/mol. The van der Waals surface area contributed by atoms with Crippen LogP contribution >= 0.6 is 11.6 Å². The van der Waals surface area contributed by atoms with Crippen molar-refractivity contribution in [1.82, 2.24) is 24.6 Å². The van der Waals surface area contributed by atoms with Crippen LogP contribution in [-0.4, -0.2) is 81.2 Å². The highest BCUT2D eigenvalue weighted by Gasteiger charge is 2.32. The molecule has 5 rings (SSSR count). The molecule has 41 heavy (non-hydrogen) atoms. The minimum Gasteiger partial charge on any atom is -0.497 e. The minimum atomic E-state index is -0.585. The number of carbonyl (C=O) groups excluding carboxylic acids is 2. The minimum absolute atomic E-state index is 0.0593. The van der Waals surface area contributed by atoms with Gasteiger partial charge in [-0.2, -0.15) is 0 Å². The lowest BCUT2D eigenvalue weighted by atomic mass is 10.00. The van der Waals surface area contributed by atoms with Gasteiger partial charge in [0.25, 0.3) is 0 Å². The van der Waals surface area contributed by atoms with Crippen LogP contribution in [0.4, 0.5) is 4.79 Å². The van der Waals surface area contributed by atoms with Crippen LogP contribution in [0.15, 0.2) is 47.5 Å². The van der Waals surface area contributed by atoms with E-state index in [1.165, 1.54) is 0 Å². The van der Waals surface area contributed by atoms with Gasteiger partial charge in [0.05, 0.1) is 24.9 Å². The summed E-state index contributed by atoms with van der Waals surface area (Å²) >= 11 is 6.20. The molecular weight excluding hydrogens is 544 g/mol. The molecule has 2 amide bonds. The van der Waals surface area contributed by atoms with E-state index in [4.69, 9.17) is 26.1 Å². The predicted molar refractivity (Wildman–Crippen MR) is 156 cm³/mol. The molecule has 3 heterocycles. The fourth-order valence-electron chi connectivity index (χ4n) is 5.15. The van der Waals surface area contributed by atoms with Crippen LogP contribution in [0.5, 0.6) is 5.75 Å². The maximum absolute atomic E-state index is 13.7. The molecule has 216 valence electrons. The summed E-state index contributed by atoms with van der Waals surface area (Å²) in [5.74, 6) is 1.91. The Morgan fingerprint density at radius 1 is 1.00 bits per heavy atom. The predicted octanol–water partition coefficient (Wildman–Crippen LogP) is 4.99. The first-order chi connectivity index (χ1) is 19.5. The standard InChI is InChI=1S/C30H35ClN6O4/c1-19-33-34-28-24(18-26(38)35-13-6-14-36(16-15-35)29(39)41-30(2,3)4)32-27(20-7-9-21(31)10-8-20)23-17-22(40-5)11-12-25(23)37(19)28/h7-12,17,24H,6,13-16,18H2,1-5H3/t24-/m0/s1. The number of nitrogens with zero attached hydrogens (tertiary/aromatic N) is 6. The van der Waals surface area contributed by atoms with E-state index in [-0.39, 0.29) is 18.4 Å². The highest BCUT2D eigenvalue weighted by molar-refractivity contribution is 6.30. The quantitative estimate of drug-likeness (QED) is 0.432. The molecule has 0 spiro atoms. The number of rotatable bonds is 4. The summed E-state index contributed by atoms with van der Waals surface area (Å²) in [6.07, 6.45) is 0.409. The van der Waals surface area contributed by atoms with Gasteiger partial charge in [-0.3, -0.25) is 14.4 Å². The van der Waals surface area contributed by atoms with E-state index in [1.807, 2.05) is 74.7 Å². The topological polar surface area (TPSA) is 102 Å². The normalized spacial score (nSPS) is 17.1. The third-order valence-electron chi connectivity index (χ3n) is 7.12. The number of aromatic nitrogens is 3. The molecule has 3 aromatic rings. The number of benzene rings is 2. The number of fused-ring (bicyclic) bond motifs is 3. The Balaban J connectivity index is 1.47. The smallest absolute Gasteiger partial charge is 0.410 e. The molecule has 1 saturated heterocycles. The van der Waals surface area contributed by atoms with Crippen LogP contribution in [-0.2, 0) is 9.53 Å². The van der Waals surface area contributed by atoms with E-state index in [2.05, 4.69) is 10.2 Å². The fourth-order valence-corrected chi connectivity index (χ4v) is 5.27. The average molecular weight is 579 g/mol. The number of hydrogen-bond donors (Lipinski definition) is 0. The highest BCUT2D eigenvalue weighted by atomic mass is 35.5. The SMILES string of the molecule is COc1ccc2c(c1)C(c1ccc(Cl)cc1)=N[C@@H](CC(=O)N1CCCN(C(=O)OC(C)(C)C)CC1)c1nnc(C)n1-2. The molecule has 0 unspecified atom stereocenters. The van der Waals surface area contributed by atoms with Crippen molar-refractivity contribution in [2.45, 2.75) is 52.2 Å². The first-order valence-electron chi connectivity index (χ1n) is 13.7. The molecule has 0 N–H and O–H groups in total. The highest BCUT2D eigenvalue weighted by Crippen LogP contribution is 2.35. The number of halogens is 1. The maximum atomic E-state index is 13.7.